The minimum atomic E-state index is -0.410. The van der Waals surface area contributed by atoms with Crippen molar-refractivity contribution in [3.05, 3.63) is 93.5 Å². The Kier molecular flexibility index (Phi) is 7.54. The van der Waals surface area contributed by atoms with Crippen LogP contribution in [0.5, 0.6) is 11.5 Å². The molecule has 0 bridgehead atoms. The molecule has 0 atom stereocenters. The van der Waals surface area contributed by atoms with E-state index in [9.17, 15) is 14.4 Å². The molecule has 0 fully saturated rings. The summed E-state index contributed by atoms with van der Waals surface area (Å²) in [7, 11) is 3.16. The molecular weight excluding hydrogens is 462 g/mol. The Labute approximate surface area is 206 Å². The van der Waals surface area contributed by atoms with Gasteiger partial charge in [-0.05, 0) is 48.5 Å². The number of rotatable bonds is 9. The van der Waals surface area contributed by atoms with E-state index < -0.39 is 11.5 Å². The van der Waals surface area contributed by atoms with Crippen LogP contribution in [0.25, 0.3) is 22.5 Å². The fourth-order valence-electron chi connectivity index (χ4n) is 3.52. The van der Waals surface area contributed by atoms with E-state index in [1.165, 1.54) is 16.8 Å². The lowest BCUT2D eigenvalue weighted by Gasteiger charge is -2.10. The van der Waals surface area contributed by atoms with Crippen molar-refractivity contribution < 1.29 is 14.3 Å². The van der Waals surface area contributed by atoms with Crippen molar-refractivity contribution in [3.8, 4) is 34.0 Å². The molecule has 4 aromatic rings. The highest BCUT2D eigenvalue weighted by Gasteiger charge is 2.10. The van der Waals surface area contributed by atoms with E-state index in [0.29, 0.717) is 17.1 Å². The van der Waals surface area contributed by atoms with Gasteiger partial charge < -0.3 is 14.8 Å². The molecule has 10 nitrogen and oxygen atoms in total. The molecule has 2 heterocycles. The van der Waals surface area contributed by atoms with Gasteiger partial charge in [-0.15, -0.1) is 0 Å². The Morgan fingerprint density at radius 1 is 0.778 bits per heavy atom. The molecule has 0 radical (unpaired) electrons. The van der Waals surface area contributed by atoms with E-state index >= 15 is 0 Å². The average Bonchev–Trinajstić information content (AvgIpc) is 2.91. The predicted molar refractivity (Wildman–Crippen MR) is 134 cm³/mol. The topological polar surface area (TPSA) is 117 Å². The molecule has 36 heavy (non-hydrogen) atoms. The Hall–Kier alpha value is -4.73. The van der Waals surface area contributed by atoms with Gasteiger partial charge in [0.25, 0.3) is 11.1 Å². The summed E-state index contributed by atoms with van der Waals surface area (Å²) in [5.41, 5.74) is 2.05. The molecule has 0 aliphatic carbocycles. The Morgan fingerprint density at radius 3 is 2.11 bits per heavy atom. The third kappa shape index (κ3) is 5.84. The van der Waals surface area contributed by atoms with Gasteiger partial charge in [0.15, 0.2) is 0 Å². The second-order valence-electron chi connectivity index (χ2n) is 7.80. The number of amides is 1. The average molecular weight is 488 g/mol. The first-order valence-corrected chi connectivity index (χ1v) is 11.2. The van der Waals surface area contributed by atoms with Crippen LogP contribution in [-0.4, -0.2) is 46.2 Å². The zero-order valence-corrected chi connectivity index (χ0v) is 19.9. The number of aromatic nitrogens is 4. The number of ether oxygens (including phenoxy) is 2. The highest BCUT2D eigenvalue weighted by atomic mass is 16.5. The van der Waals surface area contributed by atoms with E-state index in [1.807, 2.05) is 36.4 Å². The van der Waals surface area contributed by atoms with Crippen molar-refractivity contribution in [2.24, 2.45) is 0 Å². The zero-order valence-electron chi connectivity index (χ0n) is 19.9. The summed E-state index contributed by atoms with van der Waals surface area (Å²) in [6, 6.07) is 20.6. The van der Waals surface area contributed by atoms with Gasteiger partial charge in [0.05, 0.1) is 32.2 Å². The van der Waals surface area contributed by atoms with E-state index in [0.717, 1.165) is 21.6 Å². The van der Waals surface area contributed by atoms with Crippen LogP contribution in [0.4, 0.5) is 0 Å². The smallest absolute Gasteiger partial charge is 0.267 e. The fraction of sp³-hybridized carbons (Fsp3) is 0.192. The lowest BCUT2D eigenvalue weighted by atomic mass is 10.1. The van der Waals surface area contributed by atoms with Crippen LogP contribution >= 0.6 is 0 Å². The van der Waals surface area contributed by atoms with Gasteiger partial charge in [0.1, 0.15) is 18.0 Å². The summed E-state index contributed by atoms with van der Waals surface area (Å²) >= 11 is 0. The first-order chi connectivity index (χ1) is 17.5. The molecule has 0 saturated carbocycles. The van der Waals surface area contributed by atoms with E-state index in [-0.39, 0.29) is 25.2 Å². The number of hydrogen-bond acceptors (Lipinski definition) is 7. The molecule has 1 N–H and O–H groups in total. The second kappa shape index (κ2) is 11.1. The van der Waals surface area contributed by atoms with Crippen LogP contribution < -0.4 is 25.9 Å². The molecule has 0 saturated heterocycles. The highest BCUT2D eigenvalue weighted by Crippen LogP contribution is 2.21. The minimum absolute atomic E-state index is 0.155. The van der Waals surface area contributed by atoms with Gasteiger partial charge in [0.2, 0.25) is 5.91 Å². The number of nitrogens with zero attached hydrogens (tertiary/aromatic N) is 4. The van der Waals surface area contributed by atoms with Gasteiger partial charge >= 0.3 is 0 Å². The molecule has 1 amide bonds. The van der Waals surface area contributed by atoms with Crippen molar-refractivity contribution in [1.82, 2.24) is 24.9 Å². The van der Waals surface area contributed by atoms with Crippen LogP contribution in [0.1, 0.15) is 0 Å². The molecule has 0 spiro atoms. The Bertz CT molecular complexity index is 1480. The maximum atomic E-state index is 12.5. The summed E-state index contributed by atoms with van der Waals surface area (Å²) in [5.74, 6) is 0.967. The van der Waals surface area contributed by atoms with Crippen molar-refractivity contribution in [3.63, 3.8) is 0 Å². The van der Waals surface area contributed by atoms with Gasteiger partial charge in [-0.2, -0.15) is 10.2 Å². The molecule has 4 rings (SSSR count). The first kappa shape index (κ1) is 24.4. The summed E-state index contributed by atoms with van der Waals surface area (Å²) in [5, 5.41) is 11.4. The largest absolute Gasteiger partial charge is 0.497 e. The molecule has 0 aliphatic heterocycles. The summed E-state index contributed by atoms with van der Waals surface area (Å²) in [4.78, 5) is 37.0. The van der Waals surface area contributed by atoms with Crippen molar-refractivity contribution >= 4 is 5.91 Å². The normalized spacial score (nSPS) is 10.6. The SMILES string of the molecule is COc1ccc(-c2ccc(=O)n(CCNC(=O)Cn3nc(-c4cccc(OC)c4)ccc3=O)n2)cc1. The number of carbonyl (C=O) groups is 1. The van der Waals surface area contributed by atoms with Crippen LogP contribution in [-0.2, 0) is 17.9 Å². The van der Waals surface area contributed by atoms with Crippen molar-refractivity contribution in [1.29, 1.82) is 0 Å². The Morgan fingerprint density at radius 2 is 1.42 bits per heavy atom. The molecule has 0 aliphatic rings. The van der Waals surface area contributed by atoms with Crippen molar-refractivity contribution in [2.75, 3.05) is 20.8 Å². The van der Waals surface area contributed by atoms with Crippen LogP contribution in [0, 0.1) is 0 Å². The number of nitrogens with one attached hydrogen (secondary N) is 1. The van der Waals surface area contributed by atoms with Crippen LogP contribution in [0.2, 0.25) is 0 Å². The van der Waals surface area contributed by atoms with E-state index in [2.05, 4.69) is 15.5 Å². The molecular formula is C26H25N5O5. The summed E-state index contributed by atoms with van der Waals surface area (Å²) < 4.78 is 12.8. The highest BCUT2D eigenvalue weighted by molar-refractivity contribution is 5.75. The van der Waals surface area contributed by atoms with Gasteiger partial charge in [-0.25, -0.2) is 9.36 Å². The van der Waals surface area contributed by atoms with Gasteiger partial charge in [-0.3, -0.25) is 14.4 Å². The molecule has 2 aromatic carbocycles. The van der Waals surface area contributed by atoms with Gasteiger partial charge in [0, 0.05) is 29.8 Å². The lowest BCUT2D eigenvalue weighted by Crippen LogP contribution is -2.36. The second-order valence-corrected chi connectivity index (χ2v) is 7.80. The van der Waals surface area contributed by atoms with E-state index in [4.69, 9.17) is 9.47 Å². The molecule has 0 unspecified atom stereocenters. The summed E-state index contributed by atoms with van der Waals surface area (Å²) in [6.07, 6.45) is 0. The Balaban J connectivity index is 1.39. The maximum Gasteiger partial charge on any atom is 0.267 e. The third-order valence-corrected chi connectivity index (χ3v) is 5.42. The number of carbonyl (C=O) groups excluding carboxylic acids is 1. The third-order valence-electron chi connectivity index (χ3n) is 5.42. The molecule has 184 valence electrons. The van der Waals surface area contributed by atoms with E-state index in [1.54, 1.807) is 38.5 Å². The number of methoxy groups -OCH3 is 2. The first-order valence-electron chi connectivity index (χ1n) is 11.2. The van der Waals surface area contributed by atoms with Crippen LogP contribution in [0.3, 0.4) is 0 Å². The molecule has 2 aromatic heterocycles. The minimum Gasteiger partial charge on any atom is -0.497 e. The monoisotopic (exact) mass is 487 g/mol. The number of hydrogen-bond donors (Lipinski definition) is 1. The quantitative estimate of drug-likeness (QED) is 0.384. The lowest BCUT2D eigenvalue weighted by molar-refractivity contribution is -0.121. The van der Waals surface area contributed by atoms with Crippen LogP contribution in [0.15, 0.2) is 82.4 Å². The number of benzene rings is 2. The van der Waals surface area contributed by atoms with Crippen molar-refractivity contribution in [2.45, 2.75) is 13.1 Å². The maximum absolute atomic E-state index is 12.5. The molecule has 10 heteroatoms. The van der Waals surface area contributed by atoms with Gasteiger partial charge in [-0.1, -0.05) is 12.1 Å². The zero-order chi connectivity index (χ0) is 25.5. The predicted octanol–water partition coefficient (Wildman–Crippen LogP) is 1.97. The standard InChI is InChI=1S/C26H25N5O5/c1-35-20-8-6-18(7-9-20)22-10-12-25(33)30(28-22)15-14-27-24(32)17-31-26(34)13-11-23(29-31)19-4-3-5-21(16-19)36-2/h3-13,16H,14-15,17H2,1-2H3,(H,27,32). The fourth-order valence-corrected chi connectivity index (χ4v) is 3.52. The summed E-state index contributed by atoms with van der Waals surface area (Å²) in [6.45, 7) is 0.0632.